The Balaban J connectivity index is 1.81. The number of benzene rings is 1. The zero-order chi connectivity index (χ0) is 20.6. The third-order valence-corrected chi connectivity index (χ3v) is 6.11. The standard InChI is InChI=1S/C20H23F6NO/c21-19(22,23)14-6-3-5-13(11-14)18(9-1-2-10-18)17(28)27-16-8-4-7-15(12-16)20(24,25)26/h3,5-6,11,15-16H,1-2,4,7-10,12H2,(H,27,28)/t15-,16-/m1/s1. The Morgan fingerprint density at radius 2 is 1.68 bits per heavy atom. The second-order valence-electron chi connectivity index (χ2n) is 7.94. The van der Waals surface area contributed by atoms with E-state index in [1.807, 2.05) is 0 Å². The molecule has 156 valence electrons. The third-order valence-electron chi connectivity index (χ3n) is 6.11. The Labute approximate surface area is 159 Å². The highest BCUT2D eigenvalue weighted by molar-refractivity contribution is 5.89. The summed E-state index contributed by atoms with van der Waals surface area (Å²) in [7, 11) is 0. The summed E-state index contributed by atoms with van der Waals surface area (Å²) in [5.74, 6) is -1.89. The molecule has 1 aromatic carbocycles. The molecule has 2 fully saturated rings. The van der Waals surface area contributed by atoms with Crippen molar-refractivity contribution in [3.63, 3.8) is 0 Å². The van der Waals surface area contributed by atoms with Gasteiger partial charge in [-0.25, -0.2) is 0 Å². The third kappa shape index (κ3) is 4.30. The molecular weight excluding hydrogens is 384 g/mol. The highest BCUT2D eigenvalue weighted by Gasteiger charge is 2.46. The maximum absolute atomic E-state index is 13.1. The van der Waals surface area contributed by atoms with E-state index in [0.717, 1.165) is 12.1 Å². The molecule has 8 heteroatoms. The van der Waals surface area contributed by atoms with Gasteiger partial charge in [0, 0.05) is 6.04 Å². The quantitative estimate of drug-likeness (QED) is 0.635. The first-order valence-electron chi connectivity index (χ1n) is 9.58. The van der Waals surface area contributed by atoms with Crippen LogP contribution in [0, 0.1) is 5.92 Å². The van der Waals surface area contributed by atoms with Crippen molar-refractivity contribution in [1.82, 2.24) is 5.32 Å². The minimum absolute atomic E-state index is 0.0502. The smallest absolute Gasteiger partial charge is 0.353 e. The summed E-state index contributed by atoms with van der Waals surface area (Å²) in [5.41, 5.74) is -1.63. The van der Waals surface area contributed by atoms with Crippen LogP contribution in [0.1, 0.15) is 62.5 Å². The van der Waals surface area contributed by atoms with Crippen molar-refractivity contribution in [2.24, 2.45) is 5.92 Å². The molecule has 0 radical (unpaired) electrons. The molecule has 0 spiro atoms. The molecular formula is C20H23F6NO. The molecule has 0 unspecified atom stereocenters. The molecule has 2 aliphatic rings. The van der Waals surface area contributed by atoms with Crippen LogP contribution < -0.4 is 5.32 Å². The van der Waals surface area contributed by atoms with Gasteiger partial charge in [0.1, 0.15) is 0 Å². The summed E-state index contributed by atoms with van der Waals surface area (Å²) < 4.78 is 78.4. The molecule has 1 amide bonds. The van der Waals surface area contributed by atoms with Crippen LogP contribution in [0.4, 0.5) is 26.3 Å². The molecule has 0 bridgehead atoms. The van der Waals surface area contributed by atoms with Crippen LogP contribution in [0.5, 0.6) is 0 Å². The summed E-state index contributed by atoms with van der Waals surface area (Å²) in [6.07, 6.45) is -5.93. The largest absolute Gasteiger partial charge is 0.416 e. The molecule has 1 aromatic rings. The Hall–Kier alpha value is -1.73. The topological polar surface area (TPSA) is 29.1 Å². The second kappa shape index (κ2) is 7.59. The maximum Gasteiger partial charge on any atom is 0.416 e. The van der Waals surface area contributed by atoms with Crippen molar-refractivity contribution in [3.05, 3.63) is 35.4 Å². The van der Waals surface area contributed by atoms with Crippen LogP contribution in [0.2, 0.25) is 0 Å². The fraction of sp³-hybridized carbons (Fsp3) is 0.650. The van der Waals surface area contributed by atoms with E-state index >= 15 is 0 Å². The van der Waals surface area contributed by atoms with Gasteiger partial charge in [-0.1, -0.05) is 37.5 Å². The number of rotatable bonds is 3. The summed E-state index contributed by atoms with van der Waals surface area (Å²) >= 11 is 0. The zero-order valence-corrected chi connectivity index (χ0v) is 15.3. The monoisotopic (exact) mass is 407 g/mol. The van der Waals surface area contributed by atoms with Crippen molar-refractivity contribution in [1.29, 1.82) is 0 Å². The van der Waals surface area contributed by atoms with Crippen LogP contribution in [-0.2, 0) is 16.4 Å². The summed E-state index contributed by atoms with van der Waals surface area (Å²) in [4.78, 5) is 13.1. The number of halogens is 6. The SMILES string of the molecule is O=C(N[C@@H]1CCC[C@@H](C(F)(F)F)C1)C1(c2cccc(C(F)(F)F)c2)CCCC1. The lowest BCUT2D eigenvalue weighted by molar-refractivity contribution is -0.184. The Kier molecular flexibility index (Phi) is 5.69. The summed E-state index contributed by atoms with van der Waals surface area (Å²) in [6, 6.07) is 4.16. The van der Waals surface area contributed by atoms with Gasteiger partial charge < -0.3 is 5.32 Å². The number of carbonyl (C=O) groups is 1. The highest BCUT2D eigenvalue weighted by atomic mass is 19.4. The van der Waals surface area contributed by atoms with Gasteiger partial charge in [-0.3, -0.25) is 4.79 Å². The predicted molar refractivity (Wildman–Crippen MR) is 91.5 cm³/mol. The number of alkyl halides is 6. The Morgan fingerprint density at radius 3 is 2.29 bits per heavy atom. The lowest BCUT2D eigenvalue weighted by Crippen LogP contribution is -2.49. The molecule has 2 nitrogen and oxygen atoms in total. The van der Waals surface area contributed by atoms with E-state index in [2.05, 4.69) is 5.32 Å². The number of nitrogens with one attached hydrogen (secondary N) is 1. The zero-order valence-electron chi connectivity index (χ0n) is 15.3. The number of amides is 1. The predicted octanol–water partition coefficient (Wildman–Crippen LogP) is 5.75. The van der Waals surface area contributed by atoms with Crippen molar-refractivity contribution in [2.75, 3.05) is 0 Å². The van der Waals surface area contributed by atoms with E-state index in [9.17, 15) is 31.1 Å². The fourth-order valence-electron chi connectivity index (χ4n) is 4.56. The first-order valence-corrected chi connectivity index (χ1v) is 9.58. The van der Waals surface area contributed by atoms with E-state index in [0.29, 0.717) is 44.1 Å². The average molecular weight is 407 g/mol. The normalized spacial score (nSPS) is 25.5. The minimum atomic E-state index is -4.52. The van der Waals surface area contributed by atoms with E-state index in [1.54, 1.807) is 0 Å². The van der Waals surface area contributed by atoms with Crippen molar-refractivity contribution < 1.29 is 31.1 Å². The molecule has 0 heterocycles. The molecule has 0 aliphatic heterocycles. The number of hydrogen-bond donors (Lipinski definition) is 1. The molecule has 28 heavy (non-hydrogen) atoms. The van der Waals surface area contributed by atoms with Crippen molar-refractivity contribution in [3.8, 4) is 0 Å². The van der Waals surface area contributed by atoms with E-state index in [4.69, 9.17) is 0 Å². The molecule has 2 aliphatic carbocycles. The van der Waals surface area contributed by atoms with E-state index < -0.39 is 41.2 Å². The van der Waals surface area contributed by atoms with E-state index in [-0.39, 0.29) is 12.8 Å². The van der Waals surface area contributed by atoms with Crippen molar-refractivity contribution in [2.45, 2.75) is 75.2 Å². The lowest BCUT2D eigenvalue weighted by atomic mass is 9.76. The lowest BCUT2D eigenvalue weighted by Gasteiger charge is -2.35. The fourth-order valence-corrected chi connectivity index (χ4v) is 4.56. The van der Waals surface area contributed by atoms with Gasteiger partial charge in [-0.15, -0.1) is 0 Å². The second-order valence-corrected chi connectivity index (χ2v) is 7.94. The van der Waals surface area contributed by atoms with Gasteiger partial charge in [-0.2, -0.15) is 26.3 Å². The van der Waals surface area contributed by atoms with E-state index in [1.165, 1.54) is 12.1 Å². The van der Waals surface area contributed by atoms with Gasteiger partial charge in [0.25, 0.3) is 0 Å². The highest BCUT2D eigenvalue weighted by Crippen LogP contribution is 2.44. The minimum Gasteiger partial charge on any atom is -0.353 e. The average Bonchev–Trinajstić information content (AvgIpc) is 3.12. The van der Waals surface area contributed by atoms with Gasteiger partial charge in [0.15, 0.2) is 0 Å². The van der Waals surface area contributed by atoms with Crippen LogP contribution in [0.25, 0.3) is 0 Å². The molecule has 2 atom stereocenters. The maximum atomic E-state index is 13.1. The molecule has 0 saturated heterocycles. The van der Waals surface area contributed by atoms with Gasteiger partial charge >= 0.3 is 12.4 Å². The van der Waals surface area contributed by atoms with Crippen molar-refractivity contribution >= 4 is 5.91 Å². The van der Waals surface area contributed by atoms with Gasteiger partial charge in [-0.05, 0) is 43.7 Å². The molecule has 2 saturated carbocycles. The van der Waals surface area contributed by atoms with Gasteiger partial charge in [0.2, 0.25) is 5.91 Å². The Bertz CT molecular complexity index is 705. The van der Waals surface area contributed by atoms with Crippen LogP contribution >= 0.6 is 0 Å². The molecule has 3 rings (SSSR count). The summed E-state index contributed by atoms with van der Waals surface area (Å²) in [5, 5.41) is 2.74. The molecule has 1 N–H and O–H groups in total. The first-order chi connectivity index (χ1) is 13.0. The number of hydrogen-bond acceptors (Lipinski definition) is 1. The van der Waals surface area contributed by atoms with Crippen LogP contribution in [0.15, 0.2) is 24.3 Å². The van der Waals surface area contributed by atoms with Gasteiger partial charge in [0.05, 0.1) is 16.9 Å². The van der Waals surface area contributed by atoms with Crippen LogP contribution in [-0.4, -0.2) is 18.1 Å². The molecule has 0 aromatic heterocycles. The number of carbonyl (C=O) groups excluding carboxylic acids is 1. The summed E-state index contributed by atoms with van der Waals surface area (Å²) in [6.45, 7) is 0. The Morgan fingerprint density at radius 1 is 1.00 bits per heavy atom. The first kappa shape index (κ1) is 21.0. The van der Waals surface area contributed by atoms with Crippen LogP contribution in [0.3, 0.4) is 0 Å².